The van der Waals surface area contributed by atoms with Crippen LogP contribution in [0.3, 0.4) is 0 Å². The van der Waals surface area contributed by atoms with Crippen LogP contribution < -0.4 is 10.6 Å². The van der Waals surface area contributed by atoms with Crippen molar-refractivity contribution in [3.05, 3.63) is 114 Å². The topological polar surface area (TPSA) is 110 Å². The highest BCUT2D eigenvalue weighted by Gasteiger charge is 2.19. The Bertz CT molecular complexity index is 2170. The molecular weight excluding hydrogens is 596 g/mol. The van der Waals surface area contributed by atoms with E-state index in [0.29, 0.717) is 63.5 Å². The van der Waals surface area contributed by atoms with Crippen molar-refractivity contribution in [2.45, 2.75) is 13.1 Å². The first-order valence-electron chi connectivity index (χ1n) is 15.3. The van der Waals surface area contributed by atoms with Crippen LogP contribution in [-0.2, 0) is 13.1 Å². The summed E-state index contributed by atoms with van der Waals surface area (Å²) in [6.45, 7) is 2.81. The maximum Gasteiger partial charge on any atom is 0.157 e. The van der Waals surface area contributed by atoms with Gasteiger partial charge in [-0.2, -0.15) is 5.10 Å². The number of nitrogens with zero attached hydrogens (tertiary/aromatic N) is 5. The van der Waals surface area contributed by atoms with Crippen LogP contribution in [0.25, 0.3) is 55.8 Å². The Hall–Kier alpha value is -5.52. The van der Waals surface area contributed by atoms with Crippen molar-refractivity contribution in [2.75, 3.05) is 32.5 Å². The summed E-state index contributed by atoms with van der Waals surface area (Å²) in [5, 5.41) is 14.5. The van der Waals surface area contributed by atoms with Gasteiger partial charge in [0, 0.05) is 67.0 Å². The average Bonchev–Trinajstić information content (AvgIpc) is 3.70. The highest BCUT2D eigenvalue weighted by molar-refractivity contribution is 5.98. The van der Waals surface area contributed by atoms with Crippen molar-refractivity contribution in [1.29, 1.82) is 0 Å². The molecule has 0 radical (unpaired) electrons. The minimum Gasteiger partial charge on any atom is -0.384 e. The number of fused-ring (bicyclic) bond motifs is 2. The number of rotatable bonds is 11. The molecule has 7 rings (SSSR count). The van der Waals surface area contributed by atoms with E-state index in [1.807, 2.05) is 50.5 Å². The second-order valence-corrected chi connectivity index (χ2v) is 11.7. The van der Waals surface area contributed by atoms with Gasteiger partial charge >= 0.3 is 0 Å². The van der Waals surface area contributed by atoms with E-state index >= 15 is 4.39 Å². The van der Waals surface area contributed by atoms with Crippen LogP contribution in [0.15, 0.2) is 91.4 Å². The normalized spacial score (nSPS) is 11.6. The molecule has 9 nitrogen and oxygen atoms in total. The van der Waals surface area contributed by atoms with Gasteiger partial charge in [-0.25, -0.2) is 13.8 Å². The molecule has 4 aromatic heterocycles. The lowest BCUT2D eigenvalue weighted by Gasteiger charge is -2.12. The lowest BCUT2D eigenvalue weighted by molar-refractivity contribution is 0.425. The minimum atomic E-state index is -0.458. The summed E-state index contributed by atoms with van der Waals surface area (Å²) in [6, 6.07) is 22.1. The Morgan fingerprint density at radius 2 is 1.68 bits per heavy atom. The quantitative estimate of drug-likeness (QED) is 0.125. The number of aromatic nitrogens is 6. The van der Waals surface area contributed by atoms with Gasteiger partial charge in [0.25, 0.3) is 0 Å². The molecule has 0 atom stereocenters. The summed E-state index contributed by atoms with van der Waals surface area (Å²) in [6.07, 6.45) is 5.19. The van der Waals surface area contributed by atoms with Crippen LogP contribution in [0.5, 0.6) is 0 Å². The first-order valence-corrected chi connectivity index (χ1v) is 15.3. The zero-order chi connectivity index (χ0) is 32.3. The lowest BCUT2D eigenvalue weighted by atomic mass is 10.0. The second-order valence-electron chi connectivity index (χ2n) is 11.7. The summed E-state index contributed by atoms with van der Waals surface area (Å²) < 4.78 is 30.2. The molecule has 7 aromatic rings. The smallest absolute Gasteiger partial charge is 0.157 e. The first-order chi connectivity index (χ1) is 22.9. The van der Waals surface area contributed by atoms with E-state index in [1.165, 1.54) is 23.8 Å². The number of H-pyrrole nitrogens is 2. The van der Waals surface area contributed by atoms with Crippen molar-refractivity contribution in [3.63, 3.8) is 0 Å². The predicted octanol–water partition coefficient (Wildman–Crippen LogP) is 6.77. The molecule has 4 N–H and O–H groups in total. The van der Waals surface area contributed by atoms with E-state index < -0.39 is 5.82 Å². The molecule has 236 valence electrons. The Kier molecular flexibility index (Phi) is 8.38. The fourth-order valence-corrected chi connectivity index (χ4v) is 5.63. The largest absolute Gasteiger partial charge is 0.384 e. The Labute approximate surface area is 270 Å². The number of anilines is 1. The molecule has 0 amide bonds. The summed E-state index contributed by atoms with van der Waals surface area (Å²) in [5.41, 5.74) is 7.41. The number of hydrogen-bond donors (Lipinski definition) is 4. The number of likely N-dealkylation sites (N-methyl/N-ethyl adjacent to an activating group) is 1. The van der Waals surface area contributed by atoms with Crippen LogP contribution in [0.2, 0.25) is 0 Å². The number of imidazole rings is 1. The summed E-state index contributed by atoms with van der Waals surface area (Å²) in [4.78, 5) is 19.2. The van der Waals surface area contributed by atoms with Gasteiger partial charge < -0.3 is 20.5 Å². The van der Waals surface area contributed by atoms with Gasteiger partial charge in [-0.15, -0.1) is 0 Å². The minimum absolute atomic E-state index is 0.203. The van der Waals surface area contributed by atoms with Gasteiger partial charge in [0.2, 0.25) is 0 Å². The van der Waals surface area contributed by atoms with Gasteiger partial charge in [0.15, 0.2) is 11.6 Å². The third kappa shape index (κ3) is 6.57. The standard InChI is InChI=1S/C36H33F2N9/c1-47(2)11-10-41-28-14-25(13-27(37)17-28)32-35-31(8-9-42-32)43-36(44-35)34-29-15-24(16-30(38)33(29)45-46-34)26-12-23(20-40-21-26)19-39-18-22-6-4-3-5-7-22/h3-9,12-17,20-21,39,41H,10-11,18-19H2,1-2H3,(H,43,44)(H,45,46). The lowest BCUT2D eigenvalue weighted by Crippen LogP contribution is -2.20. The van der Waals surface area contributed by atoms with E-state index in [9.17, 15) is 4.39 Å². The van der Waals surface area contributed by atoms with Crippen LogP contribution in [0.1, 0.15) is 11.1 Å². The van der Waals surface area contributed by atoms with Crippen molar-refractivity contribution in [2.24, 2.45) is 0 Å². The molecule has 0 saturated carbocycles. The predicted molar refractivity (Wildman–Crippen MR) is 182 cm³/mol. The zero-order valence-corrected chi connectivity index (χ0v) is 26.0. The van der Waals surface area contributed by atoms with E-state index in [0.717, 1.165) is 24.2 Å². The number of aromatic amines is 2. The van der Waals surface area contributed by atoms with Crippen LogP contribution in [0, 0.1) is 11.6 Å². The maximum atomic E-state index is 15.5. The molecule has 11 heteroatoms. The Morgan fingerprint density at radius 3 is 2.53 bits per heavy atom. The van der Waals surface area contributed by atoms with Crippen LogP contribution in [-0.4, -0.2) is 62.2 Å². The average molecular weight is 630 g/mol. The number of pyridine rings is 2. The first kappa shape index (κ1) is 30.2. The molecular formula is C36H33F2N9. The second kappa shape index (κ2) is 13.1. The molecule has 0 unspecified atom stereocenters. The van der Waals surface area contributed by atoms with Gasteiger partial charge in [0.1, 0.15) is 22.5 Å². The van der Waals surface area contributed by atoms with Crippen molar-refractivity contribution >= 4 is 27.6 Å². The molecule has 3 aromatic carbocycles. The van der Waals surface area contributed by atoms with Gasteiger partial charge in [0.05, 0.1) is 11.2 Å². The fraction of sp³-hybridized carbons (Fsp3) is 0.167. The molecule has 4 heterocycles. The van der Waals surface area contributed by atoms with Gasteiger partial charge in [-0.3, -0.25) is 15.1 Å². The highest BCUT2D eigenvalue weighted by atomic mass is 19.1. The van der Waals surface area contributed by atoms with Gasteiger partial charge in [-0.1, -0.05) is 30.3 Å². The number of hydrogen-bond acceptors (Lipinski definition) is 7. The summed E-state index contributed by atoms with van der Waals surface area (Å²) in [7, 11) is 3.97. The molecule has 47 heavy (non-hydrogen) atoms. The molecule has 0 spiro atoms. The monoisotopic (exact) mass is 629 g/mol. The SMILES string of the molecule is CN(C)CCNc1cc(F)cc(-c2nccc3[nH]c(-c4[nH]nc5c(F)cc(-c6cncc(CNCc7ccccc7)c6)cc45)nc23)c1. The van der Waals surface area contributed by atoms with E-state index in [2.05, 4.69) is 52.8 Å². The van der Waals surface area contributed by atoms with Crippen LogP contribution in [0.4, 0.5) is 14.5 Å². The molecule has 0 aliphatic rings. The van der Waals surface area contributed by atoms with E-state index in [1.54, 1.807) is 24.7 Å². The number of benzene rings is 3. The molecule has 0 fully saturated rings. The van der Waals surface area contributed by atoms with Crippen LogP contribution >= 0.6 is 0 Å². The van der Waals surface area contributed by atoms with E-state index in [-0.39, 0.29) is 11.3 Å². The summed E-state index contributed by atoms with van der Waals surface area (Å²) in [5.74, 6) is -0.372. The molecule has 0 aliphatic heterocycles. The highest BCUT2D eigenvalue weighted by Crippen LogP contribution is 2.34. The van der Waals surface area contributed by atoms with Crippen molar-refractivity contribution < 1.29 is 8.78 Å². The fourth-order valence-electron chi connectivity index (χ4n) is 5.63. The summed E-state index contributed by atoms with van der Waals surface area (Å²) >= 11 is 0. The number of halogens is 2. The van der Waals surface area contributed by atoms with Gasteiger partial charge in [-0.05, 0) is 73.3 Å². The Morgan fingerprint density at radius 1 is 0.830 bits per heavy atom. The van der Waals surface area contributed by atoms with E-state index in [4.69, 9.17) is 4.98 Å². The molecule has 0 aliphatic carbocycles. The third-order valence-electron chi connectivity index (χ3n) is 7.94. The maximum absolute atomic E-state index is 15.5. The van der Waals surface area contributed by atoms with Crippen molar-refractivity contribution in [3.8, 4) is 33.9 Å². The number of nitrogens with one attached hydrogen (secondary N) is 4. The molecule has 0 bridgehead atoms. The third-order valence-corrected chi connectivity index (χ3v) is 7.94. The Balaban J connectivity index is 1.19. The molecule has 0 saturated heterocycles. The zero-order valence-electron chi connectivity index (χ0n) is 26.0. The van der Waals surface area contributed by atoms with Crippen molar-refractivity contribution in [1.82, 2.24) is 40.3 Å².